The minimum atomic E-state index is -1.48. The van der Waals surface area contributed by atoms with Crippen LogP contribution >= 0.6 is 24.0 Å². The molecule has 2 aliphatic rings. The summed E-state index contributed by atoms with van der Waals surface area (Å²) in [5, 5.41) is 15.2. The molecule has 0 N–H and O–H groups in total. The number of likely N-dealkylation sites (N-methyl/N-ethyl adjacent to an activating group) is 1. The Bertz CT molecular complexity index is 1250. The standard InChI is InChI=1S/C24H23N3O6S2/c1-13-19(22(29)27(25(13)2)15-8-6-5-7-9-15)26-21(28)17(35-24(26)34)12-14-10-11-16(32-3)20(33-4)18(14)23(30)31/h5-13,19H,1-4H3,(H,30,31)/p-1/b17-12-/t13-,19+/m0/s1. The van der Waals surface area contributed by atoms with Crippen molar-refractivity contribution in [3.63, 3.8) is 0 Å². The monoisotopic (exact) mass is 512 g/mol. The van der Waals surface area contributed by atoms with Crippen LogP contribution in [0.3, 0.4) is 0 Å². The lowest BCUT2D eigenvalue weighted by molar-refractivity contribution is -0.255. The summed E-state index contributed by atoms with van der Waals surface area (Å²) in [7, 11) is 4.48. The number of thioether (sulfide) groups is 1. The van der Waals surface area contributed by atoms with Crippen molar-refractivity contribution in [3.8, 4) is 11.5 Å². The zero-order valence-corrected chi connectivity index (χ0v) is 21.0. The van der Waals surface area contributed by atoms with Crippen LogP contribution in [0.1, 0.15) is 22.8 Å². The Hall–Kier alpha value is -3.41. The van der Waals surface area contributed by atoms with Gasteiger partial charge < -0.3 is 19.4 Å². The van der Waals surface area contributed by atoms with E-state index in [0.717, 1.165) is 11.8 Å². The first-order valence-corrected chi connectivity index (χ1v) is 11.8. The molecule has 0 unspecified atom stereocenters. The number of amides is 2. The second-order valence-electron chi connectivity index (χ2n) is 7.85. The van der Waals surface area contributed by atoms with Gasteiger partial charge in [0, 0.05) is 7.05 Å². The zero-order valence-electron chi connectivity index (χ0n) is 19.4. The first-order chi connectivity index (χ1) is 16.7. The Labute approximate surface area is 211 Å². The number of carboxylic acid groups (broad SMARTS) is 1. The molecule has 11 heteroatoms. The highest BCUT2D eigenvalue weighted by Gasteiger charge is 2.51. The molecule has 35 heavy (non-hydrogen) atoms. The van der Waals surface area contributed by atoms with Gasteiger partial charge in [-0.2, -0.15) is 0 Å². The molecule has 2 atom stereocenters. The third-order valence-electron chi connectivity index (χ3n) is 5.99. The number of aromatic carboxylic acids is 1. The second kappa shape index (κ2) is 9.68. The summed E-state index contributed by atoms with van der Waals surface area (Å²) < 4.78 is 10.6. The van der Waals surface area contributed by atoms with Gasteiger partial charge in [-0.15, -0.1) is 0 Å². The van der Waals surface area contributed by atoms with E-state index in [0.29, 0.717) is 5.69 Å². The maximum Gasteiger partial charge on any atom is 0.266 e. The maximum absolute atomic E-state index is 13.5. The molecule has 2 saturated heterocycles. The van der Waals surface area contributed by atoms with Crippen LogP contribution in [0.15, 0.2) is 47.4 Å². The Morgan fingerprint density at radius 2 is 1.80 bits per heavy atom. The van der Waals surface area contributed by atoms with Crippen molar-refractivity contribution in [1.82, 2.24) is 9.91 Å². The zero-order chi connectivity index (χ0) is 25.4. The Morgan fingerprint density at radius 3 is 2.40 bits per heavy atom. The average molecular weight is 513 g/mol. The summed E-state index contributed by atoms with van der Waals surface area (Å²) >= 11 is 6.49. The van der Waals surface area contributed by atoms with Crippen molar-refractivity contribution in [2.45, 2.75) is 19.0 Å². The van der Waals surface area contributed by atoms with Crippen LogP contribution in [0.5, 0.6) is 11.5 Å². The summed E-state index contributed by atoms with van der Waals surface area (Å²) in [5.74, 6) is -2.05. The Morgan fingerprint density at radius 1 is 1.11 bits per heavy atom. The van der Waals surface area contributed by atoms with E-state index in [1.807, 2.05) is 37.3 Å². The van der Waals surface area contributed by atoms with Crippen molar-refractivity contribution >= 4 is 57.8 Å². The minimum Gasteiger partial charge on any atom is -0.545 e. The number of rotatable bonds is 6. The molecule has 2 amide bonds. The first-order valence-electron chi connectivity index (χ1n) is 10.6. The van der Waals surface area contributed by atoms with Gasteiger partial charge in [-0.1, -0.05) is 48.2 Å². The molecule has 0 aliphatic carbocycles. The minimum absolute atomic E-state index is 0.0172. The van der Waals surface area contributed by atoms with Crippen LogP contribution < -0.4 is 19.6 Å². The van der Waals surface area contributed by atoms with Gasteiger partial charge in [-0.25, -0.2) is 10.0 Å². The number of nitrogens with zero attached hydrogens (tertiary/aromatic N) is 3. The number of para-hydroxylation sites is 1. The van der Waals surface area contributed by atoms with Crippen molar-refractivity contribution in [2.75, 3.05) is 26.3 Å². The molecule has 4 rings (SSSR count). The number of anilines is 1. The van der Waals surface area contributed by atoms with Gasteiger partial charge in [0.2, 0.25) is 0 Å². The molecule has 2 heterocycles. The fraction of sp³-hybridized carbons (Fsp3) is 0.250. The van der Waals surface area contributed by atoms with Gasteiger partial charge in [-0.3, -0.25) is 14.5 Å². The van der Waals surface area contributed by atoms with Gasteiger partial charge in [-0.05, 0) is 36.8 Å². The molecule has 9 nitrogen and oxygen atoms in total. The third-order valence-corrected chi connectivity index (χ3v) is 7.33. The van der Waals surface area contributed by atoms with E-state index in [-0.39, 0.29) is 43.8 Å². The smallest absolute Gasteiger partial charge is 0.266 e. The molecule has 0 saturated carbocycles. The van der Waals surface area contributed by atoms with Crippen LogP contribution in [0.4, 0.5) is 5.69 Å². The Balaban J connectivity index is 1.71. The van der Waals surface area contributed by atoms with Crippen LogP contribution in [0.2, 0.25) is 0 Å². The van der Waals surface area contributed by atoms with Gasteiger partial charge in [0.15, 0.2) is 11.5 Å². The second-order valence-corrected chi connectivity index (χ2v) is 9.52. The maximum atomic E-state index is 13.5. The van der Waals surface area contributed by atoms with Crippen LogP contribution in [-0.4, -0.2) is 65.4 Å². The molecule has 0 bridgehead atoms. The molecule has 0 spiro atoms. The van der Waals surface area contributed by atoms with E-state index in [9.17, 15) is 19.5 Å². The normalized spacial score (nSPS) is 21.8. The van der Waals surface area contributed by atoms with E-state index < -0.39 is 17.9 Å². The highest BCUT2D eigenvalue weighted by Crippen LogP contribution is 2.40. The third kappa shape index (κ3) is 4.15. The number of carboxylic acids is 1. The van der Waals surface area contributed by atoms with Gasteiger partial charge in [0.25, 0.3) is 11.8 Å². The molecule has 2 aliphatic heterocycles. The van der Waals surface area contributed by atoms with E-state index >= 15 is 0 Å². The number of thiocarbonyl (C=S) groups is 1. The van der Waals surface area contributed by atoms with Gasteiger partial charge in [0.05, 0.1) is 42.4 Å². The van der Waals surface area contributed by atoms with Gasteiger partial charge in [0.1, 0.15) is 10.4 Å². The average Bonchev–Trinajstić information content (AvgIpc) is 3.23. The molecule has 2 fully saturated rings. The fourth-order valence-electron chi connectivity index (χ4n) is 4.21. The van der Waals surface area contributed by atoms with Crippen LogP contribution in [0.25, 0.3) is 6.08 Å². The molecule has 2 aromatic carbocycles. The van der Waals surface area contributed by atoms with E-state index in [1.165, 1.54) is 42.3 Å². The highest BCUT2D eigenvalue weighted by atomic mass is 32.2. The molecule has 182 valence electrons. The van der Waals surface area contributed by atoms with Crippen LogP contribution in [-0.2, 0) is 9.59 Å². The van der Waals surface area contributed by atoms with Crippen molar-refractivity contribution in [3.05, 3.63) is 58.5 Å². The highest BCUT2D eigenvalue weighted by molar-refractivity contribution is 8.26. The number of methoxy groups -OCH3 is 2. The number of carbonyl (C=O) groups excluding carboxylic acids is 3. The molecular weight excluding hydrogens is 490 g/mol. The first kappa shape index (κ1) is 24.7. The lowest BCUT2D eigenvalue weighted by atomic mass is 10.0. The summed E-state index contributed by atoms with van der Waals surface area (Å²) in [6, 6.07) is 11.0. The number of hydrazine groups is 1. The molecule has 0 aromatic heterocycles. The fourth-order valence-corrected chi connectivity index (χ4v) is 5.53. The summed E-state index contributed by atoms with van der Waals surface area (Å²) in [5.41, 5.74) is 0.619. The van der Waals surface area contributed by atoms with E-state index in [1.54, 1.807) is 12.1 Å². The quantitative estimate of drug-likeness (QED) is 0.424. The predicted molar refractivity (Wildman–Crippen MR) is 134 cm³/mol. The molecular formula is C24H22N3O6S2-. The summed E-state index contributed by atoms with van der Waals surface area (Å²) in [4.78, 5) is 40.3. The number of carbonyl (C=O) groups is 3. The van der Waals surface area contributed by atoms with Crippen molar-refractivity contribution in [2.24, 2.45) is 0 Å². The van der Waals surface area contributed by atoms with E-state index in [2.05, 4.69) is 0 Å². The number of hydrogen-bond acceptors (Lipinski definition) is 9. The van der Waals surface area contributed by atoms with Gasteiger partial charge >= 0.3 is 0 Å². The van der Waals surface area contributed by atoms with E-state index in [4.69, 9.17) is 21.7 Å². The number of benzene rings is 2. The lowest BCUT2D eigenvalue weighted by Gasteiger charge is -2.26. The van der Waals surface area contributed by atoms with Crippen LogP contribution in [0, 0.1) is 0 Å². The SMILES string of the molecule is COc1ccc(/C=C2\SC(=S)N([C@H]3C(=O)N(c4ccccc4)N(C)[C@H]3C)C2=O)c(C(=O)[O-])c1OC. The largest absolute Gasteiger partial charge is 0.545 e. The topological polar surface area (TPSA) is 102 Å². The predicted octanol–water partition coefficient (Wildman–Crippen LogP) is 1.92. The van der Waals surface area contributed by atoms with Crippen molar-refractivity contribution in [1.29, 1.82) is 0 Å². The summed E-state index contributed by atoms with van der Waals surface area (Å²) in [6.45, 7) is 1.84. The molecule has 0 radical (unpaired) electrons. The number of ether oxygens (including phenoxy) is 2. The number of hydrogen-bond donors (Lipinski definition) is 0. The lowest BCUT2D eigenvalue weighted by Crippen LogP contribution is -2.48. The van der Waals surface area contributed by atoms with Crippen molar-refractivity contribution < 1.29 is 29.0 Å². The molecule has 2 aromatic rings. The summed E-state index contributed by atoms with van der Waals surface area (Å²) in [6.07, 6.45) is 1.41. The Kier molecular flexibility index (Phi) is 6.84.